The minimum absolute atomic E-state index is 0.341. The van der Waals surface area contributed by atoms with Crippen molar-refractivity contribution in [1.29, 1.82) is 0 Å². The molecule has 0 aromatic heterocycles. The molecule has 1 amide bonds. The number of amides is 1. The zero-order chi connectivity index (χ0) is 10.9. The summed E-state index contributed by atoms with van der Waals surface area (Å²) in [6, 6.07) is 7.86. The van der Waals surface area contributed by atoms with Crippen LogP contribution in [0, 0.1) is 0 Å². The van der Waals surface area contributed by atoms with Gasteiger partial charge < -0.3 is 10.1 Å². The number of rotatable bonds is 1. The van der Waals surface area contributed by atoms with Crippen molar-refractivity contribution >= 4 is 22.0 Å². The average Bonchev–Trinajstić information content (AvgIpc) is 2.18. The van der Waals surface area contributed by atoms with E-state index in [4.69, 9.17) is 4.74 Å². The third-order valence-corrected chi connectivity index (χ3v) is 3.17. The molecule has 2 rings (SSSR count). The minimum Gasteiger partial charge on any atom is -0.438 e. The highest BCUT2D eigenvalue weighted by molar-refractivity contribution is 9.10. The molecule has 1 unspecified atom stereocenters. The zero-order valence-electron chi connectivity index (χ0n) is 8.42. The summed E-state index contributed by atoms with van der Waals surface area (Å²) in [5.74, 6) is 0. The summed E-state index contributed by atoms with van der Waals surface area (Å²) in [7, 11) is 0. The summed E-state index contributed by atoms with van der Waals surface area (Å²) < 4.78 is 6.36. The maximum atomic E-state index is 11.2. The van der Waals surface area contributed by atoms with Gasteiger partial charge in [0.05, 0.1) is 0 Å². The molecule has 1 atom stereocenters. The van der Waals surface area contributed by atoms with E-state index in [-0.39, 0.29) is 6.09 Å². The van der Waals surface area contributed by atoms with Crippen molar-refractivity contribution in [2.75, 3.05) is 6.54 Å². The van der Waals surface area contributed by atoms with Crippen LogP contribution < -0.4 is 5.32 Å². The molecule has 1 heterocycles. The Morgan fingerprint density at radius 1 is 1.40 bits per heavy atom. The number of carbonyl (C=O) groups excluding carboxylic acids is 1. The summed E-state index contributed by atoms with van der Waals surface area (Å²) in [4.78, 5) is 11.2. The number of ether oxygens (including phenoxy) is 1. The van der Waals surface area contributed by atoms with Crippen molar-refractivity contribution < 1.29 is 9.53 Å². The van der Waals surface area contributed by atoms with Gasteiger partial charge in [-0.3, -0.25) is 0 Å². The van der Waals surface area contributed by atoms with Crippen LogP contribution in [-0.2, 0) is 10.3 Å². The lowest BCUT2D eigenvalue weighted by Gasteiger charge is -2.34. The zero-order valence-corrected chi connectivity index (χ0v) is 10.0. The van der Waals surface area contributed by atoms with E-state index in [2.05, 4.69) is 21.2 Å². The van der Waals surface area contributed by atoms with Gasteiger partial charge in [0.2, 0.25) is 0 Å². The van der Waals surface area contributed by atoms with E-state index < -0.39 is 5.60 Å². The van der Waals surface area contributed by atoms with E-state index in [1.165, 1.54) is 0 Å². The Hall–Kier alpha value is -1.03. The maximum Gasteiger partial charge on any atom is 0.408 e. The van der Waals surface area contributed by atoms with E-state index in [1.54, 1.807) is 0 Å². The number of hydrogen-bond acceptors (Lipinski definition) is 2. The van der Waals surface area contributed by atoms with Crippen LogP contribution in [0.4, 0.5) is 4.79 Å². The third-order valence-electron chi connectivity index (χ3n) is 2.64. The molecule has 0 spiro atoms. The van der Waals surface area contributed by atoms with Crippen LogP contribution in [0.5, 0.6) is 0 Å². The van der Waals surface area contributed by atoms with Crippen LogP contribution in [0.1, 0.15) is 18.9 Å². The number of alkyl carbamates (subject to hydrolysis) is 1. The molecule has 1 N–H and O–H groups in total. The van der Waals surface area contributed by atoms with Gasteiger partial charge in [0.15, 0.2) is 0 Å². The number of nitrogens with one attached hydrogen (secondary N) is 1. The Balaban J connectivity index is 2.28. The van der Waals surface area contributed by atoms with E-state index >= 15 is 0 Å². The molecular weight excluding hydrogens is 258 g/mol. The third kappa shape index (κ3) is 2.15. The molecule has 1 fully saturated rings. The van der Waals surface area contributed by atoms with Gasteiger partial charge in [-0.05, 0) is 24.6 Å². The van der Waals surface area contributed by atoms with Gasteiger partial charge in [-0.1, -0.05) is 28.1 Å². The normalized spacial score (nSPS) is 25.6. The standard InChI is InChI=1S/C11H12BrNO2/c1-11(6-7-13-10(14)15-11)8-2-4-9(12)5-3-8/h2-5H,6-7H2,1H3,(H,13,14). The monoisotopic (exact) mass is 269 g/mol. The van der Waals surface area contributed by atoms with E-state index in [0.717, 1.165) is 16.5 Å². The maximum absolute atomic E-state index is 11.2. The highest BCUT2D eigenvalue weighted by atomic mass is 79.9. The molecule has 1 aliphatic rings. The predicted molar refractivity (Wildman–Crippen MR) is 60.6 cm³/mol. The van der Waals surface area contributed by atoms with Crippen molar-refractivity contribution in [3.05, 3.63) is 34.3 Å². The largest absolute Gasteiger partial charge is 0.438 e. The van der Waals surface area contributed by atoms with Crippen molar-refractivity contribution in [1.82, 2.24) is 5.32 Å². The predicted octanol–water partition coefficient (Wildman–Crippen LogP) is 2.79. The van der Waals surface area contributed by atoms with Gasteiger partial charge in [-0.15, -0.1) is 0 Å². The van der Waals surface area contributed by atoms with Crippen molar-refractivity contribution in [2.24, 2.45) is 0 Å². The highest BCUT2D eigenvalue weighted by Crippen LogP contribution is 2.31. The van der Waals surface area contributed by atoms with Crippen LogP contribution in [0.3, 0.4) is 0 Å². The van der Waals surface area contributed by atoms with Crippen LogP contribution in [0.2, 0.25) is 0 Å². The molecule has 15 heavy (non-hydrogen) atoms. The Bertz CT molecular complexity index is 377. The number of hydrogen-bond donors (Lipinski definition) is 1. The molecule has 0 bridgehead atoms. The highest BCUT2D eigenvalue weighted by Gasteiger charge is 2.34. The first-order valence-electron chi connectivity index (χ1n) is 4.83. The van der Waals surface area contributed by atoms with E-state index in [1.807, 2.05) is 31.2 Å². The smallest absolute Gasteiger partial charge is 0.408 e. The summed E-state index contributed by atoms with van der Waals surface area (Å²) >= 11 is 3.38. The number of halogens is 1. The fourth-order valence-corrected chi connectivity index (χ4v) is 1.96. The lowest BCUT2D eigenvalue weighted by Crippen LogP contribution is -2.43. The summed E-state index contributed by atoms with van der Waals surface area (Å²) in [5, 5.41) is 2.65. The molecule has 80 valence electrons. The van der Waals surface area contributed by atoms with Crippen LogP contribution in [0.15, 0.2) is 28.7 Å². The summed E-state index contributed by atoms with van der Waals surface area (Å²) in [6.07, 6.45) is 0.451. The van der Waals surface area contributed by atoms with E-state index in [0.29, 0.717) is 6.54 Å². The second kappa shape index (κ2) is 3.85. The fourth-order valence-electron chi connectivity index (χ4n) is 1.70. The summed E-state index contributed by atoms with van der Waals surface area (Å²) in [5.41, 5.74) is 0.531. The lowest BCUT2D eigenvalue weighted by molar-refractivity contribution is -0.00274. The molecule has 1 aromatic carbocycles. The van der Waals surface area contributed by atoms with Gasteiger partial charge in [-0.2, -0.15) is 0 Å². The quantitative estimate of drug-likeness (QED) is 0.852. The van der Waals surface area contributed by atoms with E-state index in [9.17, 15) is 4.79 Å². The molecule has 1 aliphatic heterocycles. The van der Waals surface area contributed by atoms with Gasteiger partial charge in [0.1, 0.15) is 5.60 Å². The lowest BCUT2D eigenvalue weighted by atomic mass is 9.91. The average molecular weight is 270 g/mol. The number of carbonyl (C=O) groups is 1. The molecule has 1 aromatic rings. The minimum atomic E-state index is -0.497. The Kier molecular flexibility index (Phi) is 2.69. The Morgan fingerprint density at radius 3 is 2.67 bits per heavy atom. The van der Waals surface area contributed by atoms with Crippen molar-refractivity contribution in [2.45, 2.75) is 18.9 Å². The molecule has 0 aliphatic carbocycles. The molecule has 0 saturated carbocycles. The number of cyclic esters (lactones) is 1. The van der Waals surface area contributed by atoms with Crippen molar-refractivity contribution in [3.63, 3.8) is 0 Å². The SMILES string of the molecule is CC1(c2ccc(Br)cc2)CCNC(=O)O1. The van der Waals surface area contributed by atoms with Crippen LogP contribution >= 0.6 is 15.9 Å². The second-order valence-corrected chi connectivity index (χ2v) is 4.72. The fraction of sp³-hybridized carbons (Fsp3) is 0.364. The van der Waals surface area contributed by atoms with Gasteiger partial charge >= 0.3 is 6.09 Å². The van der Waals surface area contributed by atoms with Crippen LogP contribution in [0.25, 0.3) is 0 Å². The topological polar surface area (TPSA) is 38.3 Å². The first-order chi connectivity index (χ1) is 7.10. The molecule has 0 radical (unpaired) electrons. The van der Waals surface area contributed by atoms with Gasteiger partial charge in [-0.25, -0.2) is 4.79 Å². The Morgan fingerprint density at radius 2 is 2.07 bits per heavy atom. The number of benzene rings is 1. The summed E-state index contributed by atoms with van der Waals surface area (Å²) in [6.45, 7) is 2.60. The molecule has 1 saturated heterocycles. The Labute approximate surface area is 96.9 Å². The van der Waals surface area contributed by atoms with Gasteiger partial charge in [0, 0.05) is 17.4 Å². The molecule has 4 heteroatoms. The second-order valence-electron chi connectivity index (χ2n) is 3.80. The van der Waals surface area contributed by atoms with Crippen molar-refractivity contribution in [3.8, 4) is 0 Å². The molecule has 3 nitrogen and oxygen atoms in total. The first kappa shape index (κ1) is 10.5. The van der Waals surface area contributed by atoms with Gasteiger partial charge in [0.25, 0.3) is 0 Å². The molecular formula is C11H12BrNO2. The first-order valence-corrected chi connectivity index (χ1v) is 5.62. The van der Waals surface area contributed by atoms with Crippen LogP contribution in [-0.4, -0.2) is 12.6 Å².